The van der Waals surface area contributed by atoms with E-state index >= 15 is 8.78 Å². The van der Waals surface area contributed by atoms with Gasteiger partial charge < -0.3 is 9.74 Å². The van der Waals surface area contributed by atoms with Gasteiger partial charge in [0.1, 0.15) is 29.6 Å². The molecule has 11 nitrogen and oxygen atoms in total. The molecule has 0 aliphatic heterocycles. The number of amides is 1. The average Bonchev–Trinajstić information content (AvgIpc) is 3.42. The maximum atomic E-state index is 15.6. The van der Waals surface area contributed by atoms with Crippen LogP contribution in [0.15, 0.2) is 42.5 Å². The highest BCUT2D eigenvalue weighted by Gasteiger charge is 2.68. The van der Waals surface area contributed by atoms with Gasteiger partial charge in [-0.2, -0.15) is 32.1 Å². The summed E-state index contributed by atoms with van der Waals surface area (Å²) in [5, 5.41) is 10.9. The number of carbonyl (C=O) groups excluding carboxylic acids is 1. The summed E-state index contributed by atoms with van der Waals surface area (Å²) >= 11 is 6.68. The fourth-order valence-corrected chi connectivity index (χ4v) is 10.9. The summed E-state index contributed by atoms with van der Waals surface area (Å²) in [4.78, 5) is 19.2. The predicted molar refractivity (Wildman–Crippen MR) is 241 cm³/mol. The zero-order valence-electron chi connectivity index (χ0n) is 37.7. The summed E-state index contributed by atoms with van der Waals surface area (Å²) in [5.41, 5.74) is -2.34. The summed E-state index contributed by atoms with van der Waals surface area (Å²) in [6, 6.07) is 7.74. The molecule has 0 bridgehead atoms. The Bertz CT molecular complexity index is 2970. The number of sulfonamides is 1. The summed E-state index contributed by atoms with van der Waals surface area (Å²) in [6.45, 7) is 10.1. The minimum absolute atomic E-state index is 0.0344. The third-order valence-electron chi connectivity index (χ3n) is 13.5. The third kappa shape index (κ3) is 9.57. The molecular weight excluding hydrogens is 943 g/mol. The number of aryl methyl sites for hydroxylation is 1. The van der Waals surface area contributed by atoms with Gasteiger partial charge in [-0.1, -0.05) is 57.2 Å². The molecule has 5 aromatic rings. The number of alkyl halides is 5. The maximum Gasteiger partial charge on any atom is 0.435 e. The van der Waals surface area contributed by atoms with Gasteiger partial charge in [-0.25, -0.2) is 22.2 Å². The summed E-state index contributed by atoms with van der Waals surface area (Å²) in [7, 11) is -4.50. The number of pyridine rings is 1. The van der Waals surface area contributed by atoms with Crippen molar-refractivity contribution < 1.29 is 48.4 Å². The molecule has 0 unspecified atom stereocenters. The van der Waals surface area contributed by atoms with Crippen LogP contribution in [-0.4, -0.2) is 60.0 Å². The first kappa shape index (κ1) is 48.5. The lowest BCUT2D eigenvalue weighted by Crippen LogP contribution is -2.43. The number of rotatable bonds is 12. The molecule has 3 aliphatic rings. The van der Waals surface area contributed by atoms with Crippen molar-refractivity contribution in [3.63, 3.8) is 0 Å². The Morgan fingerprint density at radius 1 is 1.03 bits per heavy atom. The van der Waals surface area contributed by atoms with E-state index in [0.717, 1.165) is 44.1 Å². The number of carbonyl (C=O) groups is 1. The molecule has 1 amide bonds. The van der Waals surface area contributed by atoms with Crippen LogP contribution in [0.4, 0.5) is 36.6 Å². The Hall–Kier alpha value is -4.97. The average molecular weight is 993 g/mol. The number of anilines is 1. The van der Waals surface area contributed by atoms with E-state index in [2.05, 4.69) is 65.9 Å². The quantitative estimate of drug-likeness (QED) is 0.0723. The highest BCUT2D eigenvalue weighted by Crippen LogP contribution is 2.68. The molecule has 0 saturated heterocycles. The minimum Gasteiger partial charge on any atom is -0.415 e. The molecule has 3 heterocycles. The summed E-state index contributed by atoms with van der Waals surface area (Å²) in [6.07, 6.45) is -1.26. The van der Waals surface area contributed by atoms with Crippen LogP contribution < -0.4 is 10.0 Å². The zero-order valence-corrected chi connectivity index (χ0v) is 40.3. The molecule has 3 atom stereocenters. The molecule has 3 aliphatic carbocycles. The van der Waals surface area contributed by atoms with Crippen LogP contribution in [0.25, 0.3) is 22.0 Å². The van der Waals surface area contributed by atoms with Crippen molar-refractivity contribution in [3.8, 4) is 23.0 Å². The van der Waals surface area contributed by atoms with Crippen LogP contribution in [0.3, 0.4) is 0 Å². The number of nitrogens with zero attached hydrogens (tertiary/aromatic N) is 5. The molecule has 3 aromatic heterocycles. The van der Waals surface area contributed by atoms with E-state index in [1.54, 1.807) is 25.2 Å². The van der Waals surface area contributed by atoms with Crippen molar-refractivity contribution in [2.24, 2.45) is 18.4 Å². The van der Waals surface area contributed by atoms with Gasteiger partial charge in [-0.15, -0.1) is 0 Å². The fraction of sp³-hybridized carbons (Fsp3) is 0.478. The Morgan fingerprint density at radius 3 is 2.31 bits per heavy atom. The number of hydrogen-bond acceptors (Lipinski definition) is 7. The topological polar surface area (TPSA) is 133 Å². The standard InChI is InChI=1S/C46H49ClF7N7O4SSi/c1-43(2,3)67(6,7)65-24-44(15-8-9-16-44)17-14-28-10-11-29(30-12-13-33(47)37-39(30)60(4)58-42(37)59-66(5,63)64)38(55-28)34(20-25-18-26(48)21-27(49)19-25)56-35(62)23-61-41-36(40(57-61)46(52,53)54)31-22-32(31)45(41,50)51/h10-13,18-19,21,31-32,34H,8-9,15-16,20,22-24H2,1-7H3,(H,56,62)(H,58,59)/t31-,32+,34-/m0/s1. The molecule has 0 spiro atoms. The highest BCUT2D eigenvalue weighted by molar-refractivity contribution is 7.92. The van der Waals surface area contributed by atoms with E-state index in [9.17, 15) is 35.2 Å². The number of fused-ring (bicyclic) bond motifs is 4. The number of benzene rings is 2. The molecule has 2 N–H and O–H groups in total. The Labute approximate surface area is 389 Å². The van der Waals surface area contributed by atoms with E-state index in [-0.39, 0.29) is 56.6 Å². The lowest BCUT2D eigenvalue weighted by Gasteiger charge is -2.38. The second-order valence-electron chi connectivity index (χ2n) is 19.5. The smallest absolute Gasteiger partial charge is 0.415 e. The Balaban J connectivity index is 1.28. The van der Waals surface area contributed by atoms with Crippen LogP contribution in [0, 0.1) is 34.8 Å². The number of nitrogens with one attached hydrogen (secondary N) is 2. The number of halogens is 8. The van der Waals surface area contributed by atoms with E-state index in [0.29, 0.717) is 28.4 Å². The van der Waals surface area contributed by atoms with Crippen LogP contribution >= 0.6 is 11.6 Å². The normalized spacial score (nSPS) is 19.1. The van der Waals surface area contributed by atoms with Crippen molar-refractivity contribution in [3.05, 3.63) is 93.0 Å². The van der Waals surface area contributed by atoms with Gasteiger partial charge in [0.05, 0.1) is 45.9 Å². The van der Waals surface area contributed by atoms with Gasteiger partial charge in [0.15, 0.2) is 19.8 Å². The van der Waals surface area contributed by atoms with Crippen molar-refractivity contribution in [1.82, 2.24) is 29.9 Å². The molecule has 2 aromatic carbocycles. The first-order valence-electron chi connectivity index (χ1n) is 21.7. The van der Waals surface area contributed by atoms with Crippen LogP contribution in [-0.2, 0) is 51.4 Å². The maximum absolute atomic E-state index is 15.6. The molecule has 21 heteroatoms. The van der Waals surface area contributed by atoms with Crippen LogP contribution in [0.2, 0.25) is 23.2 Å². The third-order valence-corrected chi connectivity index (χ3v) is 18.8. The van der Waals surface area contributed by atoms with Crippen LogP contribution in [0.1, 0.15) is 98.7 Å². The SMILES string of the molecule is Cn1nc(NS(C)(=O)=O)c2c(Cl)ccc(-c3ccc(C#CC4(CO[Si](C)(C)C(C)(C)C)CCCC4)nc3[C@H](Cc3cc(F)cc(F)c3)NC(=O)Cn3nc(C(F)(F)F)c4c3C(F)(F)[C@@H]3C[C@H]43)c21. The largest absolute Gasteiger partial charge is 0.435 e. The highest BCUT2D eigenvalue weighted by atomic mass is 35.5. The summed E-state index contributed by atoms with van der Waals surface area (Å²) in [5.74, 6) is -2.45. The molecule has 8 rings (SSSR count). The van der Waals surface area contributed by atoms with Gasteiger partial charge in [-0.05, 0) is 91.5 Å². The molecule has 2 fully saturated rings. The van der Waals surface area contributed by atoms with Gasteiger partial charge in [0.2, 0.25) is 15.9 Å². The minimum atomic E-state index is -5.08. The zero-order chi connectivity index (χ0) is 48.8. The van der Waals surface area contributed by atoms with Gasteiger partial charge in [-0.3, -0.25) is 18.9 Å². The predicted octanol–water partition coefficient (Wildman–Crippen LogP) is 10.4. The summed E-state index contributed by atoms with van der Waals surface area (Å²) < 4.78 is 139. The van der Waals surface area contributed by atoms with Gasteiger partial charge in [0.25, 0.3) is 5.92 Å². The second kappa shape index (κ2) is 16.9. The van der Waals surface area contributed by atoms with E-state index < -0.39 is 94.8 Å². The first-order chi connectivity index (χ1) is 31.1. The first-order valence-corrected chi connectivity index (χ1v) is 26.9. The van der Waals surface area contributed by atoms with Gasteiger partial charge >= 0.3 is 6.18 Å². The van der Waals surface area contributed by atoms with Crippen molar-refractivity contribution >= 4 is 52.6 Å². The lowest BCUT2D eigenvalue weighted by molar-refractivity contribution is -0.142. The Morgan fingerprint density at radius 2 is 1.69 bits per heavy atom. The van der Waals surface area contributed by atoms with Crippen LogP contribution in [0.5, 0.6) is 0 Å². The van der Waals surface area contributed by atoms with Crippen molar-refractivity contribution in [1.29, 1.82) is 0 Å². The monoisotopic (exact) mass is 991 g/mol. The second-order valence-corrected chi connectivity index (χ2v) is 26.5. The Kier molecular flexibility index (Phi) is 12.2. The van der Waals surface area contributed by atoms with E-state index in [1.165, 1.54) is 10.7 Å². The lowest BCUT2D eigenvalue weighted by atomic mass is 9.88. The molecular formula is C46H49ClF7N7O4SSi. The molecule has 2 saturated carbocycles. The van der Waals surface area contributed by atoms with Crippen molar-refractivity contribution in [2.75, 3.05) is 17.6 Å². The number of aromatic nitrogens is 5. The fourth-order valence-electron chi connectivity index (χ4n) is 9.12. The molecule has 67 heavy (non-hydrogen) atoms. The van der Waals surface area contributed by atoms with E-state index in [1.807, 2.05) is 0 Å². The van der Waals surface area contributed by atoms with Crippen molar-refractivity contribution in [2.45, 2.75) is 108 Å². The van der Waals surface area contributed by atoms with E-state index in [4.69, 9.17) is 21.0 Å². The number of hydrogen-bond donors (Lipinski definition) is 2. The molecule has 0 radical (unpaired) electrons. The van der Waals surface area contributed by atoms with Gasteiger partial charge in [0, 0.05) is 35.7 Å². The molecule has 358 valence electrons.